The summed E-state index contributed by atoms with van der Waals surface area (Å²) in [4.78, 5) is 51.2. The summed E-state index contributed by atoms with van der Waals surface area (Å²) in [7, 11) is 0. The number of carbonyl (C=O) groups is 4. The van der Waals surface area contributed by atoms with Crippen molar-refractivity contribution in [3.05, 3.63) is 59.2 Å². The summed E-state index contributed by atoms with van der Waals surface area (Å²) in [6, 6.07) is 13.2. The Balaban J connectivity index is 1.93. The highest BCUT2D eigenvalue weighted by Gasteiger charge is 2.49. The molecule has 0 aliphatic heterocycles. The fourth-order valence-electron chi connectivity index (χ4n) is 4.00. The molecule has 2 aromatic carbocycles. The van der Waals surface area contributed by atoms with Gasteiger partial charge in [0, 0.05) is 5.56 Å². The summed E-state index contributed by atoms with van der Waals surface area (Å²) in [5, 5.41) is 2.40. The lowest BCUT2D eigenvalue weighted by atomic mass is 9.66. The average molecular weight is 436 g/mol. The van der Waals surface area contributed by atoms with Gasteiger partial charge in [-0.3, -0.25) is 19.2 Å². The number of fused-ring (bicyclic) bond motifs is 1. The van der Waals surface area contributed by atoms with E-state index < -0.39 is 46.9 Å². The number of ketones is 2. The van der Waals surface area contributed by atoms with E-state index in [1.165, 1.54) is 0 Å². The van der Waals surface area contributed by atoms with Gasteiger partial charge in [0.1, 0.15) is 12.1 Å². The third-order valence-electron chi connectivity index (χ3n) is 5.64. The molecule has 0 fully saturated rings. The van der Waals surface area contributed by atoms with Gasteiger partial charge in [0.05, 0.1) is 5.41 Å². The van der Waals surface area contributed by atoms with Crippen molar-refractivity contribution < 1.29 is 23.9 Å². The summed E-state index contributed by atoms with van der Waals surface area (Å²) >= 11 is 0. The number of ether oxygens (including phenoxy) is 1. The Morgan fingerprint density at radius 1 is 1.03 bits per heavy atom. The molecule has 0 spiro atoms. The zero-order chi connectivity index (χ0) is 23.8. The van der Waals surface area contributed by atoms with Crippen LogP contribution in [0.3, 0.4) is 0 Å². The average Bonchev–Trinajstić information content (AvgIpc) is 2.70. The summed E-state index contributed by atoms with van der Waals surface area (Å²) in [6.45, 7) is 10.1. The van der Waals surface area contributed by atoms with Crippen LogP contribution < -0.4 is 5.32 Å². The minimum Gasteiger partial charge on any atom is -0.459 e. The largest absolute Gasteiger partial charge is 0.459 e. The van der Waals surface area contributed by atoms with Crippen LogP contribution in [0.2, 0.25) is 0 Å². The van der Waals surface area contributed by atoms with E-state index in [-0.39, 0.29) is 0 Å². The number of hydrogen-bond acceptors (Lipinski definition) is 5. The quantitative estimate of drug-likeness (QED) is 0.583. The normalized spacial score (nSPS) is 17.5. The van der Waals surface area contributed by atoms with Crippen LogP contribution in [0.4, 0.5) is 0 Å². The smallest absolute Gasteiger partial charge is 0.325 e. The summed E-state index contributed by atoms with van der Waals surface area (Å²) < 4.78 is 5.18. The molecular formula is C26H29NO5. The second-order valence-corrected chi connectivity index (χ2v) is 9.67. The number of nitrogens with one attached hydrogen (secondary N) is 1. The summed E-state index contributed by atoms with van der Waals surface area (Å²) in [5.74, 6) is -3.97. The lowest BCUT2D eigenvalue weighted by Gasteiger charge is -2.34. The van der Waals surface area contributed by atoms with Gasteiger partial charge in [-0.15, -0.1) is 0 Å². The maximum atomic E-state index is 13.3. The molecule has 6 nitrogen and oxygen atoms in total. The van der Waals surface area contributed by atoms with Gasteiger partial charge in [0.25, 0.3) is 0 Å². The lowest BCUT2D eigenvalue weighted by molar-refractivity contribution is -0.155. The first-order valence-corrected chi connectivity index (χ1v) is 10.6. The molecule has 168 valence electrons. The number of amides is 1. The molecule has 6 heteroatoms. The van der Waals surface area contributed by atoms with Crippen molar-refractivity contribution in [1.82, 2.24) is 5.32 Å². The van der Waals surface area contributed by atoms with E-state index >= 15 is 0 Å². The van der Waals surface area contributed by atoms with Crippen LogP contribution >= 0.6 is 0 Å². The minimum atomic E-state index is -1.51. The number of rotatable bonds is 4. The first-order valence-electron chi connectivity index (χ1n) is 10.6. The van der Waals surface area contributed by atoms with E-state index in [4.69, 9.17) is 4.74 Å². The summed E-state index contributed by atoms with van der Waals surface area (Å²) in [6.07, 6.45) is 0. The molecule has 0 saturated heterocycles. The van der Waals surface area contributed by atoms with Crippen LogP contribution in [-0.2, 0) is 24.5 Å². The Morgan fingerprint density at radius 3 is 2.31 bits per heavy atom. The molecule has 0 bridgehead atoms. The van der Waals surface area contributed by atoms with Crippen molar-refractivity contribution in [2.75, 3.05) is 6.54 Å². The molecule has 1 unspecified atom stereocenters. The van der Waals surface area contributed by atoms with Crippen LogP contribution in [0.5, 0.6) is 0 Å². The molecule has 3 rings (SSSR count). The van der Waals surface area contributed by atoms with E-state index in [0.717, 1.165) is 16.7 Å². The highest BCUT2D eigenvalue weighted by Crippen LogP contribution is 2.39. The highest BCUT2D eigenvalue weighted by molar-refractivity contribution is 6.29. The Kier molecular flexibility index (Phi) is 6.09. The van der Waals surface area contributed by atoms with Crippen LogP contribution in [-0.4, -0.2) is 35.6 Å². The van der Waals surface area contributed by atoms with Crippen molar-refractivity contribution >= 4 is 23.4 Å². The Hall–Kier alpha value is -3.28. The molecule has 1 aliphatic carbocycles. The molecule has 2 aromatic rings. The van der Waals surface area contributed by atoms with Crippen LogP contribution in [0.15, 0.2) is 42.5 Å². The van der Waals surface area contributed by atoms with Gasteiger partial charge < -0.3 is 10.1 Å². The van der Waals surface area contributed by atoms with Crippen molar-refractivity contribution in [2.24, 2.45) is 5.92 Å². The standard InChI is InChI=1S/C26H29NO5/c1-15-9-7-8-10-17(15)16-11-12-19-18(13-16)22(29)21(23(30)26(19,5)6)24(31)27-14-20(28)32-25(2,3)4/h7-13,21H,14H2,1-6H3,(H,27,31). The van der Waals surface area contributed by atoms with Crippen molar-refractivity contribution in [2.45, 2.75) is 52.6 Å². The Morgan fingerprint density at radius 2 is 1.69 bits per heavy atom. The molecule has 0 radical (unpaired) electrons. The van der Waals surface area contributed by atoms with Crippen LogP contribution in [0.1, 0.15) is 56.1 Å². The molecule has 1 amide bonds. The van der Waals surface area contributed by atoms with E-state index in [2.05, 4.69) is 5.32 Å². The number of aryl methyl sites for hydroxylation is 1. The SMILES string of the molecule is Cc1ccccc1-c1ccc2c(c1)C(=O)C(C(=O)NCC(=O)OC(C)(C)C)C(=O)C2(C)C. The first kappa shape index (κ1) is 23.4. The highest BCUT2D eigenvalue weighted by atomic mass is 16.6. The lowest BCUT2D eigenvalue weighted by Crippen LogP contribution is -2.51. The monoisotopic (exact) mass is 435 g/mol. The first-order chi connectivity index (χ1) is 14.8. The Labute approximate surface area is 188 Å². The number of Topliss-reactive ketones (excluding diaryl/α,β-unsaturated/α-hetero) is 2. The van der Waals surface area contributed by atoms with Crippen LogP contribution in [0, 0.1) is 12.8 Å². The van der Waals surface area contributed by atoms with Gasteiger partial charge in [-0.1, -0.05) is 36.4 Å². The van der Waals surface area contributed by atoms with Gasteiger partial charge in [0.15, 0.2) is 17.5 Å². The predicted octanol–water partition coefficient (Wildman–Crippen LogP) is 3.78. The number of esters is 1. The Bertz CT molecular complexity index is 1110. The topological polar surface area (TPSA) is 89.5 Å². The molecule has 32 heavy (non-hydrogen) atoms. The van der Waals surface area contributed by atoms with Crippen molar-refractivity contribution in [1.29, 1.82) is 0 Å². The molecular weight excluding hydrogens is 406 g/mol. The number of benzene rings is 2. The molecule has 1 aliphatic rings. The van der Waals surface area contributed by atoms with Gasteiger partial charge in [-0.2, -0.15) is 0 Å². The number of hydrogen-bond donors (Lipinski definition) is 1. The maximum Gasteiger partial charge on any atom is 0.325 e. The van der Waals surface area contributed by atoms with E-state index in [0.29, 0.717) is 11.1 Å². The van der Waals surface area contributed by atoms with Gasteiger partial charge in [-0.05, 0) is 69.9 Å². The summed E-state index contributed by atoms with van der Waals surface area (Å²) in [5.41, 5.74) is 2.09. The third kappa shape index (κ3) is 4.49. The predicted molar refractivity (Wildman–Crippen MR) is 121 cm³/mol. The fraction of sp³-hybridized carbons (Fsp3) is 0.385. The second kappa shape index (κ2) is 8.34. The zero-order valence-corrected chi connectivity index (χ0v) is 19.4. The van der Waals surface area contributed by atoms with Gasteiger partial charge in [0.2, 0.25) is 5.91 Å². The zero-order valence-electron chi connectivity index (χ0n) is 19.4. The molecule has 0 aromatic heterocycles. The van der Waals surface area contributed by atoms with E-state index in [9.17, 15) is 19.2 Å². The van der Waals surface area contributed by atoms with E-state index in [1.807, 2.05) is 37.3 Å². The fourth-order valence-corrected chi connectivity index (χ4v) is 4.00. The minimum absolute atomic E-state index is 0.354. The van der Waals surface area contributed by atoms with E-state index in [1.54, 1.807) is 46.8 Å². The van der Waals surface area contributed by atoms with Crippen molar-refractivity contribution in [3.8, 4) is 11.1 Å². The second-order valence-electron chi connectivity index (χ2n) is 9.67. The molecule has 1 N–H and O–H groups in total. The number of carbonyl (C=O) groups excluding carboxylic acids is 4. The van der Waals surface area contributed by atoms with Crippen LogP contribution in [0.25, 0.3) is 11.1 Å². The molecule has 0 heterocycles. The van der Waals surface area contributed by atoms with Gasteiger partial charge in [-0.25, -0.2) is 0 Å². The third-order valence-corrected chi connectivity index (χ3v) is 5.64. The van der Waals surface area contributed by atoms with Crippen molar-refractivity contribution in [3.63, 3.8) is 0 Å². The molecule has 1 atom stereocenters. The maximum absolute atomic E-state index is 13.3. The van der Waals surface area contributed by atoms with Gasteiger partial charge >= 0.3 is 5.97 Å². The molecule has 0 saturated carbocycles.